The highest BCUT2D eigenvalue weighted by molar-refractivity contribution is 5.84. The molecule has 0 radical (unpaired) electrons. The van der Waals surface area contributed by atoms with Gasteiger partial charge in [0, 0.05) is 13.1 Å². The van der Waals surface area contributed by atoms with E-state index in [1.165, 1.54) is 6.33 Å². The number of rotatable bonds is 3. The molecule has 2 aromatic heterocycles. The number of nitrogens with zero attached hydrogens (tertiary/aromatic N) is 5. The van der Waals surface area contributed by atoms with E-state index in [2.05, 4.69) is 19.9 Å². The summed E-state index contributed by atoms with van der Waals surface area (Å²) in [6.45, 7) is 1.26. The Balaban J connectivity index is 1.83. The molecule has 0 amide bonds. The van der Waals surface area contributed by atoms with Crippen LogP contribution in [0.15, 0.2) is 6.33 Å². The third-order valence-corrected chi connectivity index (χ3v) is 5.15. The summed E-state index contributed by atoms with van der Waals surface area (Å²) in [4.78, 5) is 15.0. The number of aliphatic hydroxyl groups is 3. The summed E-state index contributed by atoms with van der Waals surface area (Å²) < 4.78 is 7.40. The molecule has 4 unspecified atom stereocenters. The molecule has 0 aromatic carbocycles. The lowest BCUT2D eigenvalue weighted by molar-refractivity contribution is -0.0504. The smallest absolute Gasteiger partial charge is 0.210 e. The first-order valence-electron chi connectivity index (χ1n) is 8.97. The topological polar surface area (TPSA) is 143 Å². The van der Waals surface area contributed by atoms with E-state index >= 15 is 0 Å². The van der Waals surface area contributed by atoms with Crippen LogP contribution >= 0.6 is 0 Å². The number of fused-ring (bicyclic) bond motifs is 1. The number of anilines is 2. The fraction of sp³-hybridized carbons (Fsp3) is 0.688. The minimum atomic E-state index is -1.22. The fourth-order valence-corrected chi connectivity index (χ4v) is 3.74. The summed E-state index contributed by atoms with van der Waals surface area (Å²) in [5, 5.41) is 30.1. The highest BCUT2D eigenvalue weighted by atomic mass is 16.6. The SMILES string of the molecule is Nc1ncnc2c1nc(N1CCCCCC1)n2C1OC(CO)C(O)C1O. The van der Waals surface area contributed by atoms with Gasteiger partial charge in [-0.15, -0.1) is 0 Å². The summed E-state index contributed by atoms with van der Waals surface area (Å²) in [6, 6.07) is 0. The number of nitrogen functional groups attached to an aromatic ring is 1. The van der Waals surface area contributed by atoms with Gasteiger partial charge >= 0.3 is 0 Å². The Morgan fingerprint density at radius 2 is 1.85 bits per heavy atom. The Labute approximate surface area is 150 Å². The van der Waals surface area contributed by atoms with E-state index in [4.69, 9.17) is 10.5 Å². The number of aliphatic hydroxyl groups excluding tert-OH is 3. The van der Waals surface area contributed by atoms with Crippen molar-refractivity contribution in [2.45, 2.75) is 50.2 Å². The summed E-state index contributed by atoms with van der Waals surface area (Å²) in [5.41, 5.74) is 6.85. The summed E-state index contributed by atoms with van der Waals surface area (Å²) >= 11 is 0. The highest BCUT2D eigenvalue weighted by Gasteiger charge is 2.45. The largest absolute Gasteiger partial charge is 0.394 e. The zero-order valence-electron chi connectivity index (χ0n) is 14.4. The van der Waals surface area contributed by atoms with Gasteiger partial charge in [-0.25, -0.2) is 15.0 Å². The second-order valence-corrected chi connectivity index (χ2v) is 6.84. The minimum absolute atomic E-state index is 0.247. The first kappa shape index (κ1) is 17.4. The van der Waals surface area contributed by atoms with Crippen LogP contribution in [0.1, 0.15) is 31.9 Å². The molecule has 10 heteroatoms. The molecular formula is C16H24N6O4. The Morgan fingerprint density at radius 1 is 1.12 bits per heavy atom. The van der Waals surface area contributed by atoms with Gasteiger partial charge in [0.2, 0.25) is 5.95 Å². The predicted octanol–water partition coefficient (Wildman–Crippen LogP) is -0.600. The molecule has 2 fully saturated rings. The molecule has 0 saturated carbocycles. The summed E-state index contributed by atoms with van der Waals surface area (Å²) in [6.07, 6.45) is 1.54. The third kappa shape index (κ3) is 2.78. The van der Waals surface area contributed by atoms with Gasteiger partial charge in [-0.05, 0) is 12.8 Å². The maximum Gasteiger partial charge on any atom is 0.210 e. The minimum Gasteiger partial charge on any atom is -0.394 e. The van der Waals surface area contributed by atoms with Crippen molar-refractivity contribution in [1.29, 1.82) is 0 Å². The third-order valence-electron chi connectivity index (χ3n) is 5.15. The molecular weight excluding hydrogens is 340 g/mol. The summed E-state index contributed by atoms with van der Waals surface area (Å²) in [7, 11) is 0. The van der Waals surface area contributed by atoms with Crippen LogP contribution < -0.4 is 10.6 Å². The number of hydrogen-bond donors (Lipinski definition) is 4. The summed E-state index contributed by atoms with van der Waals surface area (Å²) in [5.74, 6) is 0.834. The average molecular weight is 364 g/mol. The first-order valence-corrected chi connectivity index (χ1v) is 8.97. The van der Waals surface area contributed by atoms with Gasteiger partial charge < -0.3 is 30.7 Å². The molecule has 4 heterocycles. The lowest BCUT2D eigenvalue weighted by Crippen LogP contribution is -2.34. The lowest BCUT2D eigenvalue weighted by atomic mass is 10.1. The Bertz CT molecular complexity index is 775. The molecule has 2 aliphatic rings. The van der Waals surface area contributed by atoms with E-state index in [9.17, 15) is 15.3 Å². The van der Waals surface area contributed by atoms with E-state index in [0.717, 1.165) is 38.8 Å². The molecule has 4 atom stereocenters. The van der Waals surface area contributed by atoms with Crippen molar-refractivity contribution < 1.29 is 20.1 Å². The van der Waals surface area contributed by atoms with Crippen molar-refractivity contribution in [3.8, 4) is 0 Å². The maximum absolute atomic E-state index is 10.5. The van der Waals surface area contributed by atoms with E-state index in [-0.39, 0.29) is 5.82 Å². The molecule has 0 aliphatic carbocycles. The van der Waals surface area contributed by atoms with E-state index < -0.39 is 31.1 Å². The first-order chi connectivity index (χ1) is 12.6. The second kappa shape index (κ2) is 6.95. The fourth-order valence-electron chi connectivity index (χ4n) is 3.74. The predicted molar refractivity (Wildman–Crippen MR) is 93.4 cm³/mol. The molecule has 2 saturated heterocycles. The highest BCUT2D eigenvalue weighted by Crippen LogP contribution is 2.36. The molecule has 10 nitrogen and oxygen atoms in total. The van der Waals surface area contributed by atoms with Crippen LogP contribution in [0.5, 0.6) is 0 Å². The Morgan fingerprint density at radius 3 is 2.50 bits per heavy atom. The zero-order chi connectivity index (χ0) is 18.3. The van der Waals surface area contributed by atoms with Crippen molar-refractivity contribution in [1.82, 2.24) is 19.5 Å². The van der Waals surface area contributed by atoms with E-state index in [1.54, 1.807) is 4.57 Å². The van der Waals surface area contributed by atoms with Gasteiger partial charge in [0.05, 0.1) is 6.61 Å². The van der Waals surface area contributed by atoms with Crippen molar-refractivity contribution in [2.24, 2.45) is 0 Å². The standard InChI is InChI=1S/C16H24N6O4/c17-13-10-14(19-8-18-13)22(15-12(25)11(24)9(7-23)26-15)16(20-10)21-5-3-1-2-4-6-21/h8-9,11-12,15,23-25H,1-7H2,(H2,17,18,19). The number of imidazole rings is 1. The molecule has 26 heavy (non-hydrogen) atoms. The Kier molecular flexibility index (Phi) is 4.65. The molecule has 2 aliphatic heterocycles. The van der Waals surface area contributed by atoms with Crippen LogP contribution in [0.2, 0.25) is 0 Å². The number of hydrogen-bond acceptors (Lipinski definition) is 9. The van der Waals surface area contributed by atoms with Gasteiger partial charge in [-0.1, -0.05) is 12.8 Å². The van der Waals surface area contributed by atoms with E-state index in [0.29, 0.717) is 17.1 Å². The van der Waals surface area contributed by atoms with Crippen molar-refractivity contribution in [3.63, 3.8) is 0 Å². The number of nitrogens with two attached hydrogens (primary N) is 1. The van der Waals surface area contributed by atoms with Gasteiger partial charge in [0.1, 0.15) is 24.6 Å². The second-order valence-electron chi connectivity index (χ2n) is 6.84. The molecule has 5 N–H and O–H groups in total. The van der Waals surface area contributed by atoms with Crippen LogP contribution in [-0.2, 0) is 4.74 Å². The van der Waals surface area contributed by atoms with Crippen molar-refractivity contribution in [3.05, 3.63) is 6.33 Å². The molecule has 142 valence electrons. The molecule has 4 rings (SSSR count). The normalized spacial score (nSPS) is 30.0. The van der Waals surface area contributed by atoms with Gasteiger partial charge in [0.25, 0.3) is 0 Å². The van der Waals surface area contributed by atoms with Crippen LogP contribution in [0.4, 0.5) is 11.8 Å². The Hall–Kier alpha value is -2.01. The zero-order valence-corrected chi connectivity index (χ0v) is 14.4. The lowest BCUT2D eigenvalue weighted by Gasteiger charge is -2.26. The van der Waals surface area contributed by atoms with Crippen LogP contribution in [0, 0.1) is 0 Å². The van der Waals surface area contributed by atoms with Crippen molar-refractivity contribution >= 4 is 22.9 Å². The van der Waals surface area contributed by atoms with Crippen LogP contribution in [0.3, 0.4) is 0 Å². The van der Waals surface area contributed by atoms with Gasteiger partial charge in [-0.3, -0.25) is 4.57 Å². The number of ether oxygens (including phenoxy) is 1. The van der Waals surface area contributed by atoms with E-state index in [1.807, 2.05) is 0 Å². The van der Waals surface area contributed by atoms with Gasteiger partial charge in [0.15, 0.2) is 23.2 Å². The van der Waals surface area contributed by atoms with Crippen LogP contribution in [-0.4, -0.2) is 72.8 Å². The number of aromatic nitrogens is 4. The monoisotopic (exact) mass is 364 g/mol. The molecule has 0 bridgehead atoms. The van der Waals surface area contributed by atoms with Gasteiger partial charge in [-0.2, -0.15) is 0 Å². The quantitative estimate of drug-likeness (QED) is 0.561. The molecule has 0 spiro atoms. The maximum atomic E-state index is 10.5. The van der Waals surface area contributed by atoms with Crippen molar-refractivity contribution in [2.75, 3.05) is 30.3 Å². The average Bonchev–Trinajstić information content (AvgIpc) is 3.01. The van der Waals surface area contributed by atoms with Crippen LogP contribution in [0.25, 0.3) is 11.2 Å². The molecule has 2 aromatic rings.